The SMILES string of the molecule is CC(=O)OC1(C)C(=O)OCC2=CCN(C)CCC(OC(=O)C(O)(C(C)Cl)CC1C)C2=O.c1ccccc1. The molecule has 10 heteroatoms. The number of hydrogen-bond donors (Lipinski definition) is 1. The Morgan fingerprint density at radius 3 is 2.24 bits per heavy atom. The molecule has 37 heavy (non-hydrogen) atoms. The number of nitrogens with zero attached hydrogens (tertiary/aromatic N) is 1. The highest BCUT2D eigenvalue weighted by atomic mass is 35.5. The second-order valence-corrected chi connectivity index (χ2v) is 10.3. The Bertz CT molecular complexity index is 971. The molecule has 0 aliphatic carbocycles. The molecule has 0 saturated carbocycles. The Balaban J connectivity index is 0.000000700. The second-order valence-electron chi connectivity index (χ2n) is 9.62. The van der Waals surface area contributed by atoms with E-state index in [0.717, 1.165) is 6.92 Å². The molecule has 1 N–H and O–H groups in total. The zero-order valence-corrected chi connectivity index (χ0v) is 22.7. The molecule has 0 radical (unpaired) electrons. The van der Waals surface area contributed by atoms with Crippen LogP contribution in [-0.2, 0) is 33.4 Å². The first-order valence-electron chi connectivity index (χ1n) is 12.2. The Hall–Kier alpha value is -2.75. The van der Waals surface area contributed by atoms with Gasteiger partial charge in [0.05, 0.1) is 5.38 Å². The van der Waals surface area contributed by atoms with Gasteiger partial charge in [-0.1, -0.05) is 49.4 Å². The van der Waals surface area contributed by atoms with Crippen LogP contribution in [-0.4, -0.2) is 83.1 Å². The number of ether oxygens (including phenoxy) is 3. The molecule has 5 atom stereocenters. The summed E-state index contributed by atoms with van der Waals surface area (Å²) in [6.45, 7) is 5.95. The minimum absolute atomic E-state index is 0.151. The number of fused-ring (bicyclic) bond motifs is 2. The summed E-state index contributed by atoms with van der Waals surface area (Å²) in [6, 6.07) is 12.0. The van der Waals surface area contributed by atoms with E-state index in [2.05, 4.69) is 0 Å². The number of aliphatic hydroxyl groups is 1. The van der Waals surface area contributed by atoms with Crippen LogP contribution in [0.25, 0.3) is 0 Å². The molecule has 3 rings (SSSR count). The van der Waals surface area contributed by atoms with Crippen LogP contribution in [0.4, 0.5) is 0 Å². The van der Waals surface area contributed by atoms with Crippen molar-refractivity contribution < 1.29 is 38.5 Å². The van der Waals surface area contributed by atoms with Crippen LogP contribution >= 0.6 is 11.6 Å². The summed E-state index contributed by atoms with van der Waals surface area (Å²) in [7, 11) is 1.83. The van der Waals surface area contributed by atoms with Crippen molar-refractivity contribution in [3.05, 3.63) is 48.0 Å². The maximum absolute atomic E-state index is 13.0. The smallest absolute Gasteiger partial charge is 0.350 e. The molecular weight excluding hydrogens is 502 g/mol. The van der Waals surface area contributed by atoms with Gasteiger partial charge in [-0.25, -0.2) is 9.59 Å². The number of hydrogen-bond acceptors (Lipinski definition) is 9. The number of cyclic esters (lactones) is 1. The van der Waals surface area contributed by atoms with Gasteiger partial charge < -0.3 is 24.2 Å². The largest absolute Gasteiger partial charge is 0.458 e. The lowest BCUT2D eigenvalue weighted by molar-refractivity contribution is -0.192. The first-order valence-corrected chi connectivity index (χ1v) is 12.6. The van der Waals surface area contributed by atoms with Gasteiger partial charge in [-0.3, -0.25) is 9.59 Å². The van der Waals surface area contributed by atoms with Gasteiger partial charge in [0.1, 0.15) is 6.61 Å². The van der Waals surface area contributed by atoms with Crippen molar-refractivity contribution in [3.8, 4) is 0 Å². The molecule has 1 saturated heterocycles. The quantitative estimate of drug-likeness (QED) is 0.345. The molecule has 0 amide bonds. The van der Waals surface area contributed by atoms with Gasteiger partial charge in [-0.2, -0.15) is 0 Å². The van der Waals surface area contributed by atoms with Crippen molar-refractivity contribution in [2.45, 2.75) is 63.2 Å². The number of rotatable bonds is 2. The number of likely N-dealkylation sites (N-methyl/N-ethyl adjacent to an activating group) is 1. The number of carbonyl (C=O) groups is 4. The summed E-state index contributed by atoms with van der Waals surface area (Å²) in [5, 5.41) is 10.0. The molecule has 2 heterocycles. The maximum Gasteiger partial charge on any atom is 0.350 e. The van der Waals surface area contributed by atoms with E-state index in [0.29, 0.717) is 13.1 Å². The fourth-order valence-electron chi connectivity index (χ4n) is 3.99. The number of benzene rings is 1. The third kappa shape index (κ3) is 7.87. The minimum atomic E-state index is -2.24. The Morgan fingerprint density at radius 2 is 1.73 bits per heavy atom. The normalized spacial score (nSPS) is 30.4. The summed E-state index contributed by atoms with van der Waals surface area (Å²) < 4.78 is 16.1. The van der Waals surface area contributed by atoms with E-state index in [1.807, 2.05) is 48.3 Å². The molecular formula is C27H36ClNO8. The van der Waals surface area contributed by atoms with E-state index < -0.39 is 52.3 Å². The fraction of sp³-hybridized carbons (Fsp3) is 0.556. The monoisotopic (exact) mass is 537 g/mol. The number of esters is 3. The highest BCUT2D eigenvalue weighted by Crippen LogP contribution is 2.35. The van der Waals surface area contributed by atoms with Crippen molar-refractivity contribution in [1.82, 2.24) is 4.90 Å². The average molecular weight is 538 g/mol. The van der Waals surface area contributed by atoms with E-state index in [1.54, 1.807) is 6.08 Å². The number of Topliss-reactive ketones (excluding diaryl/α,β-unsaturated/α-hetero) is 1. The summed E-state index contributed by atoms with van der Waals surface area (Å²) in [4.78, 5) is 52.6. The highest BCUT2D eigenvalue weighted by molar-refractivity contribution is 6.23. The van der Waals surface area contributed by atoms with Crippen LogP contribution in [0.3, 0.4) is 0 Å². The van der Waals surface area contributed by atoms with E-state index in [1.165, 1.54) is 20.8 Å². The molecule has 0 spiro atoms. The van der Waals surface area contributed by atoms with Gasteiger partial charge in [0.25, 0.3) is 0 Å². The molecule has 2 bridgehead atoms. The van der Waals surface area contributed by atoms with Gasteiger partial charge in [0, 0.05) is 37.9 Å². The molecule has 1 aromatic rings. The second kappa shape index (κ2) is 13.2. The van der Waals surface area contributed by atoms with Gasteiger partial charge in [0.2, 0.25) is 11.4 Å². The van der Waals surface area contributed by atoms with Crippen LogP contribution in [0.2, 0.25) is 0 Å². The number of carbonyl (C=O) groups excluding carboxylic acids is 4. The van der Waals surface area contributed by atoms with Crippen LogP contribution < -0.4 is 0 Å². The third-order valence-electron chi connectivity index (χ3n) is 6.64. The van der Waals surface area contributed by atoms with Crippen LogP contribution in [0.1, 0.15) is 40.5 Å². The average Bonchev–Trinajstić information content (AvgIpc) is 2.85. The molecule has 0 aromatic heterocycles. The summed E-state index contributed by atoms with van der Waals surface area (Å²) in [5.74, 6) is -4.09. The number of halogens is 1. The minimum Gasteiger partial charge on any atom is -0.458 e. The van der Waals surface area contributed by atoms with Crippen LogP contribution in [0.5, 0.6) is 0 Å². The van der Waals surface area contributed by atoms with Gasteiger partial charge in [-0.05, 0) is 27.3 Å². The van der Waals surface area contributed by atoms with Crippen LogP contribution in [0, 0.1) is 5.92 Å². The fourth-order valence-corrected chi connectivity index (χ4v) is 4.17. The first-order chi connectivity index (χ1) is 17.3. The third-order valence-corrected chi connectivity index (χ3v) is 7.00. The van der Waals surface area contributed by atoms with Crippen molar-refractivity contribution in [3.63, 3.8) is 0 Å². The molecule has 5 unspecified atom stereocenters. The van der Waals surface area contributed by atoms with Crippen molar-refractivity contribution in [2.24, 2.45) is 5.92 Å². The number of alkyl halides is 1. The lowest BCUT2D eigenvalue weighted by Crippen LogP contribution is -2.56. The maximum atomic E-state index is 13.0. The summed E-state index contributed by atoms with van der Waals surface area (Å²) in [6.07, 6.45) is 0.292. The predicted molar refractivity (Wildman–Crippen MR) is 137 cm³/mol. The van der Waals surface area contributed by atoms with E-state index in [4.69, 9.17) is 25.8 Å². The molecule has 204 valence electrons. The zero-order valence-electron chi connectivity index (χ0n) is 21.9. The summed E-state index contributed by atoms with van der Waals surface area (Å²) in [5.41, 5.74) is -3.91. The Kier molecular flexibility index (Phi) is 10.8. The lowest BCUT2D eigenvalue weighted by atomic mass is 9.79. The molecule has 1 aromatic carbocycles. The van der Waals surface area contributed by atoms with Gasteiger partial charge >= 0.3 is 17.9 Å². The van der Waals surface area contributed by atoms with Gasteiger partial charge in [-0.15, -0.1) is 11.6 Å². The number of ketones is 1. The van der Waals surface area contributed by atoms with E-state index >= 15 is 0 Å². The molecule has 2 aliphatic heterocycles. The lowest BCUT2D eigenvalue weighted by Gasteiger charge is -2.39. The topological polar surface area (TPSA) is 119 Å². The van der Waals surface area contributed by atoms with E-state index in [-0.39, 0.29) is 25.0 Å². The van der Waals surface area contributed by atoms with Gasteiger partial charge in [0.15, 0.2) is 11.7 Å². The Morgan fingerprint density at radius 1 is 1.16 bits per heavy atom. The van der Waals surface area contributed by atoms with Crippen LogP contribution in [0.15, 0.2) is 48.0 Å². The molecule has 9 nitrogen and oxygen atoms in total. The van der Waals surface area contributed by atoms with Crippen molar-refractivity contribution in [1.29, 1.82) is 0 Å². The predicted octanol–water partition coefficient (Wildman–Crippen LogP) is 2.68. The first kappa shape index (κ1) is 30.5. The standard InChI is InChI=1S/C21H30ClNO8.C6H6/c1-12-10-21(28,13(2)22)19(27)30-16-7-9-23(5)8-6-15(17(16)25)11-29-18(26)20(12,4)31-14(3)24;1-2-4-6-5-3-1/h6,12-13,16,28H,7-11H2,1-5H3;1-6H. The van der Waals surface area contributed by atoms with Crippen molar-refractivity contribution in [2.75, 3.05) is 26.7 Å². The van der Waals surface area contributed by atoms with E-state index in [9.17, 15) is 24.3 Å². The molecule has 2 aliphatic rings. The van der Waals surface area contributed by atoms with Crippen molar-refractivity contribution >= 4 is 35.3 Å². The zero-order chi connectivity index (χ0) is 27.8. The Labute approximate surface area is 222 Å². The summed E-state index contributed by atoms with van der Waals surface area (Å²) >= 11 is 6.16. The molecule has 1 fully saturated rings. The highest BCUT2D eigenvalue weighted by Gasteiger charge is 2.52.